The van der Waals surface area contributed by atoms with Gasteiger partial charge in [-0.15, -0.1) is 0 Å². The van der Waals surface area contributed by atoms with Crippen LogP contribution in [0.5, 0.6) is 0 Å². The lowest BCUT2D eigenvalue weighted by Crippen LogP contribution is -2.17. The number of nitrogens with two attached hydrogens (primary N) is 1. The zero-order valence-electron chi connectivity index (χ0n) is 10.9. The van der Waals surface area contributed by atoms with E-state index >= 15 is 0 Å². The van der Waals surface area contributed by atoms with Crippen LogP contribution in [0.1, 0.15) is 13.3 Å². The standard InChI is InChI=1S/C11H19N5O2S/c1-2-13-9-5-10(16-11(12)15-9)14-6-8-3-4-19(17,18)7-8/h5,8H,2-4,6-7H2,1H3,(H4,12,13,14,15,16). The number of hydrogen-bond donors (Lipinski definition) is 3. The first-order valence-electron chi connectivity index (χ1n) is 6.31. The summed E-state index contributed by atoms with van der Waals surface area (Å²) in [5.41, 5.74) is 5.62. The van der Waals surface area contributed by atoms with E-state index in [9.17, 15) is 8.42 Å². The topological polar surface area (TPSA) is 110 Å². The van der Waals surface area contributed by atoms with Crippen molar-refractivity contribution in [1.82, 2.24) is 9.97 Å². The van der Waals surface area contributed by atoms with Crippen LogP contribution in [0, 0.1) is 5.92 Å². The second kappa shape index (κ2) is 5.60. The Hall–Kier alpha value is -1.57. The Balaban J connectivity index is 1.96. The average molecular weight is 285 g/mol. The number of hydrogen-bond acceptors (Lipinski definition) is 7. The summed E-state index contributed by atoms with van der Waals surface area (Å²) in [5.74, 6) is 2.15. The van der Waals surface area contributed by atoms with Crippen molar-refractivity contribution in [3.63, 3.8) is 0 Å². The van der Waals surface area contributed by atoms with Crippen LogP contribution >= 0.6 is 0 Å². The van der Waals surface area contributed by atoms with E-state index < -0.39 is 9.84 Å². The van der Waals surface area contributed by atoms with Gasteiger partial charge in [0.1, 0.15) is 11.6 Å². The average Bonchev–Trinajstić information content (AvgIpc) is 2.66. The highest BCUT2D eigenvalue weighted by atomic mass is 32.2. The fourth-order valence-corrected chi connectivity index (χ4v) is 3.97. The van der Waals surface area contributed by atoms with Crippen LogP contribution in [0.4, 0.5) is 17.6 Å². The highest BCUT2D eigenvalue weighted by Crippen LogP contribution is 2.19. The van der Waals surface area contributed by atoms with Crippen molar-refractivity contribution in [1.29, 1.82) is 0 Å². The molecule has 19 heavy (non-hydrogen) atoms. The molecule has 0 radical (unpaired) electrons. The molecule has 0 amide bonds. The molecular formula is C11H19N5O2S. The Bertz CT molecular complexity index is 546. The smallest absolute Gasteiger partial charge is 0.223 e. The molecule has 0 spiro atoms. The first kappa shape index (κ1) is 13.9. The molecule has 106 valence electrons. The number of anilines is 3. The Labute approximate surface area is 112 Å². The molecule has 0 aliphatic carbocycles. The zero-order chi connectivity index (χ0) is 13.9. The molecule has 1 fully saturated rings. The van der Waals surface area contributed by atoms with Gasteiger partial charge in [0.2, 0.25) is 5.95 Å². The molecule has 4 N–H and O–H groups in total. The van der Waals surface area contributed by atoms with Crippen molar-refractivity contribution in [3.8, 4) is 0 Å². The highest BCUT2D eigenvalue weighted by Gasteiger charge is 2.27. The van der Waals surface area contributed by atoms with E-state index in [0.29, 0.717) is 24.6 Å². The summed E-state index contributed by atoms with van der Waals surface area (Å²) in [5, 5.41) is 6.19. The number of sulfone groups is 1. The van der Waals surface area contributed by atoms with Crippen LogP contribution < -0.4 is 16.4 Å². The summed E-state index contributed by atoms with van der Waals surface area (Å²) in [6.07, 6.45) is 0.704. The van der Waals surface area contributed by atoms with Crippen molar-refractivity contribution in [2.24, 2.45) is 5.92 Å². The van der Waals surface area contributed by atoms with Crippen molar-refractivity contribution in [2.75, 3.05) is 41.0 Å². The van der Waals surface area contributed by atoms with Gasteiger partial charge >= 0.3 is 0 Å². The molecule has 1 aromatic rings. The maximum Gasteiger partial charge on any atom is 0.223 e. The minimum atomic E-state index is -2.83. The van der Waals surface area contributed by atoms with Gasteiger partial charge in [-0.3, -0.25) is 0 Å². The van der Waals surface area contributed by atoms with Gasteiger partial charge in [0, 0.05) is 19.2 Å². The van der Waals surface area contributed by atoms with Gasteiger partial charge < -0.3 is 16.4 Å². The van der Waals surface area contributed by atoms with Crippen molar-refractivity contribution < 1.29 is 8.42 Å². The van der Waals surface area contributed by atoms with Crippen LogP contribution in [-0.2, 0) is 9.84 Å². The number of nitrogens with one attached hydrogen (secondary N) is 2. The first-order chi connectivity index (χ1) is 8.98. The van der Waals surface area contributed by atoms with Crippen LogP contribution in [0.15, 0.2) is 6.07 Å². The summed E-state index contributed by atoms with van der Waals surface area (Å²) < 4.78 is 22.7. The third-order valence-corrected chi connectivity index (χ3v) is 4.84. The number of nitrogen functional groups attached to an aromatic ring is 1. The maximum atomic E-state index is 11.4. The van der Waals surface area contributed by atoms with E-state index in [-0.39, 0.29) is 23.4 Å². The van der Waals surface area contributed by atoms with Crippen LogP contribution in [-0.4, -0.2) is 43.0 Å². The maximum absolute atomic E-state index is 11.4. The zero-order valence-corrected chi connectivity index (χ0v) is 11.7. The first-order valence-corrected chi connectivity index (χ1v) is 8.13. The summed E-state index contributed by atoms with van der Waals surface area (Å²) in [7, 11) is -2.83. The fraction of sp³-hybridized carbons (Fsp3) is 0.636. The van der Waals surface area contributed by atoms with Gasteiger partial charge in [0.25, 0.3) is 0 Å². The minimum Gasteiger partial charge on any atom is -0.370 e. The van der Waals surface area contributed by atoms with Gasteiger partial charge in [0.15, 0.2) is 9.84 Å². The second-order valence-corrected chi connectivity index (χ2v) is 6.91. The summed E-state index contributed by atoms with van der Waals surface area (Å²) in [4.78, 5) is 8.13. The molecule has 1 aromatic heterocycles. The Morgan fingerprint density at radius 2 is 2.05 bits per heavy atom. The molecule has 2 rings (SSSR count). The normalized spacial score (nSPS) is 21.2. The fourth-order valence-electron chi connectivity index (χ4n) is 2.11. The summed E-state index contributed by atoms with van der Waals surface area (Å²) in [6.45, 7) is 3.30. The van der Waals surface area contributed by atoms with Crippen LogP contribution in [0.2, 0.25) is 0 Å². The lowest BCUT2D eigenvalue weighted by Gasteiger charge is -2.11. The molecule has 0 aromatic carbocycles. The van der Waals surface area contributed by atoms with Crippen LogP contribution in [0.25, 0.3) is 0 Å². The molecule has 0 bridgehead atoms. The highest BCUT2D eigenvalue weighted by molar-refractivity contribution is 7.91. The lowest BCUT2D eigenvalue weighted by atomic mass is 10.1. The molecule has 1 unspecified atom stereocenters. The Kier molecular flexibility index (Phi) is 4.08. The number of aromatic nitrogens is 2. The third kappa shape index (κ3) is 3.95. The minimum absolute atomic E-state index is 0.142. The Morgan fingerprint density at radius 3 is 2.63 bits per heavy atom. The molecule has 1 saturated heterocycles. The molecule has 8 heteroatoms. The van der Waals surface area contributed by atoms with E-state index in [2.05, 4.69) is 20.6 Å². The summed E-state index contributed by atoms with van der Waals surface area (Å²) >= 11 is 0. The SMILES string of the molecule is CCNc1cc(NCC2CCS(=O)(=O)C2)nc(N)n1. The third-order valence-electron chi connectivity index (χ3n) is 3.00. The predicted molar refractivity (Wildman–Crippen MR) is 75.9 cm³/mol. The molecule has 0 saturated carbocycles. The van der Waals surface area contributed by atoms with Gasteiger partial charge in [-0.05, 0) is 19.3 Å². The molecule has 1 atom stereocenters. The van der Waals surface area contributed by atoms with E-state index in [1.54, 1.807) is 6.07 Å². The van der Waals surface area contributed by atoms with E-state index in [1.807, 2.05) is 6.92 Å². The van der Waals surface area contributed by atoms with Gasteiger partial charge in [-0.25, -0.2) is 8.42 Å². The van der Waals surface area contributed by atoms with Gasteiger partial charge in [-0.2, -0.15) is 9.97 Å². The van der Waals surface area contributed by atoms with Crippen molar-refractivity contribution in [2.45, 2.75) is 13.3 Å². The number of nitrogens with zero attached hydrogens (tertiary/aromatic N) is 2. The molecule has 1 aliphatic heterocycles. The van der Waals surface area contributed by atoms with E-state index in [1.165, 1.54) is 0 Å². The van der Waals surface area contributed by atoms with E-state index in [4.69, 9.17) is 5.73 Å². The van der Waals surface area contributed by atoms with Gasteiger partial charge in [0.05, 0.1) is 11.5 Å². The van der Waals surface area contributed by atoms with Crippen LogP contribution in [0.3, 0.4) is 0 Å². The Morgan fingerprint density at radius 1 is 1.37 bits per heavy atom. The molecule has 2 heterocycles. The number of rotatable bonds is 5. The van der Waals surface area contributed by atoms with Crippen molar-refractivity contribution in [3.05, 3.63) is 6.07 Å². The monoisotopic (exact) mass is 285 g/mol. The predicted octanol–water partition coefficient (Wildman–Crippen LogP) is 0.337. The quantitative estimate of drug-likeness (QED) is 0.715. The second-order valence-electron chi connectivity index (χ2n) is 4.68. The molecule has 7 nitrogen and oxygen atoms in total. The van der Waals surface area contributed by atoms with Crippen molar-refractivity contribution >= 4 is 27.4 Å². The molecule has 1 aliphatic rings. The summed E-state index contributed by atoms with van der Waals surface area (Å²) in [6, 6.07) is 1.77. The largest absolute Gasteiger partial charge is 0.370 e. The lowest BCUT2D eigenvalue weighted by molar-refractivity contribution is 0.595. The van der Waals surface area contributed by atoms with E-state index in [0.717, 1.165) is 6.54 Å². The van der Waals surface area contributed by atoms with Gasteiger partial charge in [-0.1, -0.05) is 0 Å². The molecular weight excluding hydrogens is 266 g/mol.